The van der Waals surface area contributed by atoms with Crippen LogP contribution in [0.1, 0.15) is 32.4 Å². The fourth-order valence-electron chi connectivity index (χ4n) is 3.48. The van der Waals surface area contributed by atoms with Crippen LogP contribution in [0.25, 0.3) is 10.8 Å². The van der Waals surface area contributed by atoms with Gasteiger partial charge in [0, 0.05) is 6.20 Å². The predicted octanol–water partition coefficient (Wildman–Crippen LogP) is 4.55. The molecule has 1 saturated heterocycles. The Balaban J connectivity index is 1.56. The van der Waals surface area contributed by atoms with Gasteiger partial charge in [-0.05, 0) is 61.4 Å². The van der Waals surface area contributed by atoms with Gasteiger partial charge in [0.25, 0.3) is 0 Å². The third kappa shape index (κ3) is 3.68. The van der Waals surface area contributed by atoms with Crippen LogP contribution in [0.15, 0.2) is 48.7 Å². The zero-order chi connectivity index (χ0) is 20.6. The van der Waals surface area contributed by atoms with Crippen LogP contribution in [0.5, 0.6) is 5.75 Å². The first-order valence-corrected chi connectivity index (χ1v) is 9.52. The van der Waals surface area contributed by atoms with E-state index in [1.807, 2.05) is 32.0 Å². The van der Waals surface area contributed by atoms with Crippen molar-refractivity contribution in [1.82, 2.24) is 9.97 Å². The third-order valence-corrected chi connectivity index (χ3v) is 5.12. The number of carbonyl (C=O) groups excluding carboxylic acids is 1. The first kappa shape index (κ1) is 19.0. The molecule has 0 radical (unpaired) electrons. The van der Waals surface area contributed by atoms with Gasteiger partial charge >= 0.3 is 6.09 Å². The highest BCUT2D eigenvalue weighted by atomic mass is 16.6. The number of rotatable bonds is 5. The highest BCUT2D eigenvalue weighted by Crippen LogP contribution is 2.30. The lowest BCUT2D eigenvalue weighted by atomic mass is 10.0. The summed E-state index contributed by atoms with van der Waals surface area (Å²) in [7, 11) is 1.67. The number of hydrogen-bond acceptors (Lipinski definition) is 6. The lowest BCUT2D eigenvalue weighted by molar-refractivity contribution is 0.175. The number of benzene rings is 2. The number of nitrogens with one attached hydrogen (secondary N) is 1. The summed E-state index contributed by atoms with van der Waals surface area (Å²) in [6.07, 6.45) is 1.25. The van der Waals surface area contributed by atoms with Gasteiger partial charge in [0.15, 0.2) is 0 Å². The lowest BCUT2D eigenvalue weighted by Crippen LogP contribution is -2.42. The number of aromatic nitrogens is 2. The molecule has 3 aromatic rings. The molecular formula is C22H24N4O3. The predicted molar refractivity (Wildman–Crippen MR) is 112 cm³/mol. The van der Waals surface area contributed by atoms with Crippen LogP contribution in [0.2, 0.25) is 0 Å². The van der Waals surface area contributed by atoms with Crippen molar-refractivity contribution < 1.29 is 14.3 Å². The summed E-state index contributed by atoms with van der Waals surface area (Å²) in [4.78, 5) is 22.5. The van der Waals surface area contributed by atoms with Gasteiger partial charge in [-0.2, -0.15) is 4.98 Å². The Morgan fingerprint density at radius 2 is 1.93 bits per heavy atom. The second-order valence-electron chi connectivity index (χ2n) is 7.78. The molecule has 1 aliphatic heterocycles. The molecule has 0 spiro atoms. The Bertz CT molecular complexity index is 1070. The molecular weight excluding hydrogens is 368 g/mol. The molecule has 0 bridgehead atoms. The minimum absolute atomic E-state index is 0.0182. The Kier molecular flexibility index (Phi) is 4.74. The number of hydrogen-bond donors (Lipinski definition) is 1. The number of nitrogens with zero attached hydrogens (tertiary/aromatic N) is 3. The van der Waals surface area contributed by atoms with Crippen molar-refractivity contribution in [3.8, 4) is 5.75 Å². The lowest BCUT2D eigenvalue weighted by Gasteiger charge is -2.27. The van der Waals surface area contributed by atoms with E-state index < -0.39 is 11.6 Å². The molecule has 0 saturated carbocycles. The van der Waals surface area contributed by atoms with Gasteiger partial charge in [-0.25, -0.2) is 9.78 Å². The molecule has 1 N–H and O–H groups in total. The quantitative estimate of drug-likeness (QED) is 0.687. The average molecular weight is 392 g/mol. The monoisotopic (exact) mass is 392 g/mol. The SMILES string of the molecule is COc1ccc2cc([C@H](C)Nc3nccc(N4C(=O)OCC4(C)C)n3)ccc2c1. The van der Waals surface area contributed by atoms with E-state index in [9.17, 15) is 4.79 Å². The van der Waals surface area contributed by atoms with Crippen molar-refractivity contribution in [3.63, 3.8) is 0 Å². The van der Waals surface area contributed by atoms with Crippen molar-refractivity contribution in [2.24, 2.45) is 0 Å². The van der Waals surface area contributed by atoms with Gasteiger partial charge in [0.2, 0.25) is 5.95 Å². The number of carbonyl (C=O) groups is 1. The van der Waals surface area contributed by atoms with E-state index in [-0.39, 0.29) is 6.04 Å². The topological polar surface area (TPSA) is 76.6 Å². The van der Waals surface area contributed by atoms with E-state index >= 15 is 0 Å². The second kappa shape index (κ2) is 7.24. The molecule has 1 aliphatic rings. The van der Waals surface area contributed by atoms with E-state index in [2.05, 4.69) is 40.4 Å². The molecule has 1 fully saturated rings. The fraction of sp³-hybridized carbons (Fsp3) is 0.318. The van der Waals surface area contributed by atoms with Gasteiger partial charge in [-0.15, -0.1) is 0 Å². The summed E-state index contributed by atoms with van der Waals surface area (Å²) in [5, 5.41) is 5.58. The van der Waals surface area contributed by atoms with Gasteiger partial charge in [0.05, 0.1) is 18.7 Å². The van der Waals surface area contributed by atoms with Crippen LogP contribution in [0.3, 0.4) is 0 Å². The Morgan fingerprint density at radius 3 is 2.66 bits per heavy atom. The summed E-state index contributed by atoms with van der Waals surface area (Å²) in [6.45, 7) is 6.27. The molecule has 7 nitrogen and oxygen atoms in total. The average Bonchev–Trinajstić information content (AvgIpc) is 2.99. The summed E-state index contributed by atoms with van der Waals surface area (Å²) in [6, 6.07) is 14.0. The zero-order valence-electron chi connectivity index (χ0n) is 17.0. The minimum atomic E-state index is -0.451. The first-order chi connectivity index (χ1) is 13.9. The third-order valence-electron chi connectivity index (χ3n) is 5.12. The smallest absolute Gasteiger partial charge is 0.416 e. The maximum absolute atomic E-state index is 12.1. The van der Waals surface area contributed by atoms with Crippen molar-refractivity contribution in [3.05, 3.63) is 54.2 Å². The molecule has 1 atom stereocenters. The maximum atomic E-state index is 12.1. The second-order valence-corrected chi connectivity index (χ2v) is 7.78. The van der Waals surface area contributed by atoms with Gasteiger partial charge < -0.3 is 14.8 Å². The van der Waals surface area contributed by atoms with Crippen molar-refractivity contribution in [2.75, 3.05) is 23.9 Å². The number of amides is 1. The minimum Gasteiger partial charge on any atom is -0.497 e. The molecule has 150 valence electrons. The summed E-state index contributed by atoms with van der Waals surface area (Å²) < 4.78 is 10.5. The highest BCUT2D eigenvalue weighted by Gasteiger charge is 2.41. The van der Waals surface area contributed by atoms with Crippen LogP contribution in [0.4, 0.5) is 16.6 Å². The number of ether oxygens (including phenoxy) is 2. The van der Waals surface area contributed by atoms with E-state index in [0.29, 0.717) is 18.4 Å². The molecule has 2 aromatic carbocycles. The summed E-state index contributed by atoms with van der Waals surface area (Å²) in [5.74, 6) is 1.82. The molecule has 4 rings (SSSR count). The number of anilines is 2. The Morgan fingerprint density at radius 1 is 1.17 bits per heavy atom. The molecule has 2 heterocycles. The van der Waals surface area contributed by atoms with E-state index in [1.54, 1.807) is 24.3 Å². The largest absolute Gasteiger partial charge is 0.497 e. The van der Waals surface area contributed by atoms with Crippen LogP contribution >= 0.6 is 0 Å². The molecule has 1 aromatic heterocycles. The Hall–Kier alpha value is -3.35. The van der Waals surface area contributed by atoms with Crippen LogP contribution in [0, 0.1) is 0 Å². The van der Waals surface area contributed by atoms with Crippen LogP contribution < -0.4 is 15.0 Å². The standard InChI is InChI=1S/C22H24N4O3/c1-14(15-5-6-17-12-18(28-4)8-7-16(17)11-15)24-20-23-10-9-19(25-20)26-21(27)29-13-22(26,2)3/h5-12,14H,13H2,1-4H3,(H,23,24,25)/t14-/m0/s1. The first-order valence-electron chi connectivity index (χ1n) is 9.52. The number of fused-ring (bicyclic) bond motifs is 1. The van der Waals surface area contributed by atoms with Crippen LogP contribution in [-0.4, -0.2) is 35.3 Å². The molecule has 7 heteroatoms. The Labute approximate surface area is 169 Å². The molecule has 0 aliphatic carbocycles. The van der Waals surface area contributed by atoms with Gasteiger partial charge in [-0.1, -0.05) is 18.2 Å². The van der Waals surface area contributed by atoms with E-state index in [1.165, 1.54) is 0 Å². The highest BCUT2D eigenvalue weighted by molar-refractivity contribution is 5.90. The zero-order valence-corrected chi connectivity index (χ0v) is 17.0. The van der Waals surface area contributed by atoms with Crippen molar-refractivity contribution in [1.29, 1.82) is 0 Å². The molecule has 29 heavy (non-hydrogen) atoms. The van der Waals surface area contributed by atoms with Crippen molar-refractivity contribution >= 4 is 28.6 Å². The van der Waals surface area contributed by atoms with Gasteiger partial charge in [-0.3, -0.25) is 4.90 Å². The van der Waals surface area contributed by atoms with E-state index in [0.717, 1.165) is 22.1 Å². The van der Waals surface area contributed by atoms with E-state index in [4.69, 9.17) is 9.47 Å². The molecule has 0 unspecified atom stereocenters. The number of cyclic esters (lactones) is 1. The van der Waals surface area contributed by atoms with Crippen LogP contribution in [-0.2, 0) is 4.74 Å². The fourth-order valence-corrected chi connectivity index (χ4v) is 3.48. The van der Waals surface area contributed by atoms with Crippen molar-refractivity contribution in [2.45, 2.75) is 32.4 Å². The molecule has 1 amide bonds. The number of methoxy groups -OCH3 is 1. The summed E-state index contributed by atoms with van der Waals surface area (Å²) >= 11 is 0. The normalized spacial score (nSPS) is 16.6. The maximum Gasteiger partial charge on any atom is 0.416 e. The van der Waals surface area contributed by atoms with Gasteiger partial charge in [0.1, 0.15) is 18.2 Å². The summed E-state index contributed by atoms with van der Waals surface area (Å²) in [5.41, 5.74) is 0.658.